The van der Waals surface area contributed by atoms with E-state index in [0.717, 1.165) is 11.1 Å². The summed E-state index contributed by atoms with van der Waals surface area (Å²) in [6.45, 7) is 5.13. The van der Waals surface area contributed by atoms with Crippen molar-refractivity contribution in [1.82, 2.24) is 15.0 Å². The van der Waals surface area contributed by atoms with Crippen LogP contribution in [0.1, 0.15) is 25.1 Å². The van der Waals surface area contributed by atoms with Crippen LogP contribution in [0, 0.1) is 6.92 Å². The first-order chi connectivity index (χ1) is 16.0. The van der Waals surface area contributed by atoms with E-state index in [1.165, 1.54) is 26.0 Å². The van der Waals surface area contributed by atoms with Crippen LogP contribution in [0.3, 0.4) is 0 Å². The zero-order chi connectivity index (χ0) is 25.1. The molecule has 0 aliphatic carbocycles. The fourth-order valence-electron chi connectivity index (χ4n) is 3.24. The SMILES string of the molecule is Cc1ccc2cccc(OCc3c(Cl)ccc(S(=O)(=O)NC(C)(C)C(=O)NCCN)c3Cl)c2n1. The third-order valence-electron chi connectivity index (χ3n) is 5.02. The molecule has 0 saturated heterocycles. The van der Waals surface area contributed by atoms with Gasteiger partial charge in [0.25, 0.3) is 0 Å². The Morgan fingerprint density at radius 1 is 1.15 bits per heavy atom. The number of nitrogens with two attached hydrogens (primary N) is 1. The highest BCUT2D eigenvalue weighted by Crippen LogP contribution is 2.33. The highest BCUT2D eigenvalue weighted by Gasteiger charge is 2.34. The molecule has 3 aromatic rings. The summed E-state index contributed by atoms with van der Waals surface area (Å²) in [6.07, 6.45) is 0. The zero-order valence-electron chi connectivity index (χ0n) is 19.0. The fraction of sp³-hybridized carbons (Fsp3) is 0.304. The van der Waals surface area contributed by atoms with Crippen LogP contribution in [0.5, 0.6) is 5.75 Å². The molecule has 182 valence electrons. The van der Waals surface area contributed by atoms with Crippen molar-refractivity contribution in [2.45, 2.75) is 37.8 Å². The van der Waals surface area contributed by atoms with Crippen LogP contribution in [0.4, 0.5) is 0 Å². The molecule has 0 saturated carbocycles. The number of pyridine rings is 1. The second kappa shape index (κ2) is 10.5. The normalized spacial score (nSPS) is 12.1. The Bertz CT molecular complexity index is 1330. The van der Waals surface area contributed by atoms with Gasteiger partial charge in [0.05, 0.1) is 5.02 Å². The Labute approximate surface area is 208 Å². The Morgan fingerprint density at radius 3 is 2.59 bits per heavy atom. The molecule has 1 amide bonds. The molecule has 0 spiro atoms. The fourth-order valence-corrected chi connectivity index (χ4v) is 5.51. The molecule has 4 N–H and O–H groups in total. The van der Waals surface area contributed by atoms with E-state index in [9.17, 15) is 13.2 Å². The first kappa shape index (κ1) is 26.2. The lowest BCUT2D eigenvalue weighted by Crippen LogP contribution is -2.55. The molecule has 0 fully saturated rings. The molecular weight excluding hydrogens is 499 g/mol. The molecule has 3 rings (SSSR count). The monoisotopic (exact) mass is 524 g/mol. The topological polar surface area (TPSA) is 123 Å². The number of fused-ring (bicyclic) bond motifs is 1. The number of aryl methyl sites for hydroxylation is 1. The molecule has 0 bridgehead atoms. The van der Waals surface area contributed by atoms with Crippen LogP contribution < -0.4 is 20.5 Å². The molecule has 0 atom stereocenters. The Morgan fingerprint density at radius 2 is 1.88 bits per heavy atom. The number of nitrogens with zero attached hydrogens (tertiary/aromatic N) is 1. The number of hydrogen-bond donors (Lipinski definition) is 3. The van der Waals surface area contributed by atoms with E-state index in [0.29, 0.717) is 16.8 Å². The molecule has 0 radical (unpaired) electrons. The number of carbonyl (C=O) groups excluding carboxylic acids is 1. The number of benzene rings is 2. The van der Waals surface area contributed by atoms with E-state index in [2.05, 4.69) is 15.0 Å². The van der Waals surface area contributed by atoms with Crippen molar-refractivity contribution in [3.8, 4) is 5.75 Å². The van der Waals surface area contributed by atoms with Crippen molar-refractivity contribution in [3.05, 3.63) is 63.8 Å². The van der Waals surface area contributed by atoms with Gasteiger partial charge in [-0.1, -0.05) is 41.4 Å². The van der Waals surface area contributed by atoms with Crippen LogP contribution >= 0.6 is 23.2 Å². The maximum absolute atomic E-state index is 13.1. The molecule has 8 nitrogen and oxygen atoms in total. The molecule has 0 aliphatic rings. The number of aromatic nitrogens is 1. The molecule has 0 unspecified atom stereocenters. The van der Waals surface area contributed by atoms with Gasteiger partial charge in [0.15, 0.2) is 0 Å². The van der Waals surface area contributed by atoms with Gasteiger partial charge in [-0.05, 0) is 45.0 Å². The number of sulfonamides is 1. The molecule has 34 heavy (non-hydrogen) atoms. The van der Waals surface area contributed by atoms with Gasteiger partial charge in [0, 0.05) is 34.8 Å². The number of nitrogens with one attached hydrogen (secondary N) is 2. The molecule has 11 heteroatoms. The minimum atomic E-state index is -4.18. The van der Waals surface area contributed by atoms with Gasteiger partial charge in [-0.2, -0.15) is 4.72 Å². The highest BCUT2D eigenvalue weighted by molar-refractivity contribution is 7.89. The number of halogens is 2. The first-order valence-corrected chi connectivity index (χ1v) is 12.7. The standard InChI is InChI=1S/C23H26Cl2N4O4S/c1-14-7-8-15-5-4-6-18(21(15)28-14)33-13-16-17(24)9-10-19(20(16)25)34(31,32)29-23(2,3)22(30)27-12-11-26/h4-10,29H,11-13,26H2,1-3H3,(H,27,30). The Balaban J connectivity index is 1.89. The summed E-state index contributed by atoms with van der Waals surface area (Å²) in [4.78, 5) is 16.7. The quantitative estimate of drug-likeness (QED) is 0.393. The van der Waals surface area contributed by atoms with Gasteiger partial charge in [-0.25, -0.2) is 13.4 Å². The van der Waals surface area contributed by atoms with Crippen LogP contribution in [0.25, 0.3) is 10.9 Å². The van der Waals surface area contributed by atoms with Crippen LogP contribution in [-0.2, 0) is 21.4 Å². The van der Waals surface area contributed by atoms with Gasteiger partial charge in [-0.3, -0.25) is 4.79 Å². The van der Waals surface area contributed by atoms with Crippen molar-refractivity contribution in [1.29, 1.82) is 0 Å². The summed E-state index contributed by atoms with van der Waals surface area (Å²) >= 11 is 12.8. The van der Waals surface area contributed by atoms with E-state index in [4.69, 9.17) is 33.7 Å². The van der Waals surface area contributed by atoms with Gasteiger partial charge < -0.3 is 15.8 Å². The predicted octanol–water partition coefficient (Wildman–Crippen LogP) is 3.56. The summed E-state index contributed by atoms with van der Waals surface area (Å²) in [5.41, 5.74) is 5.75. The van der Waals surface area contributed by atoms with Gasteiger partial charge in [0.1, 0.15) is 28.3 Å². The van der Waals surface area contributed by atoms with Gasteiger partial charge in [0.2, 0.25) is 15.9 Å². The molecule has 1 aromatic heterocycles. The number of rotatable bonds is 9. The van der Waals surface area contributed by atoms with Crippen LogP contribution in [0.2, 0.25) is 10.0 Å². The van der Waals surface area contributed by atoms with Crippen molar-refractivity contribution < 1.29 is 17.9 Å². The minimum absolute atomic E-state index is 0.0872. The lowest BCUT2D eigenvalue weighted by molar-refractivity contribution is -0.125. The smallest absolute Gasteiger partial charge is 0.243 e. The number of para-hydroxylation sites is 1. The third kappa shape index (κ3) is 5.79. The molecule has 0 aliphatic heterocycles. The van der Waals surface area contributed by atoms with Crippen molar-refractivity contribution in [2.75, 3.05) is 13.1 Å². The summed E-state index contributed by atoms with van der Waals surface area (Å²) in [6, 6.07) is 12.1. The van der Waals surface area contributed by atoms with Gasteiger partial charge >= 0.3 is 0 Å². The average molecular weight is 525 g/mol. The second-order valence-corrected chi connectivity index (χ2v) is 10.6. The first-order valence-electron chi connectivity index (χ1n) is 10.4. The molecule has 2 aromatic carbocycles. The largest absolute Gasteiger partial charge is 0.487 e. The highest BCUT2D eigenvalue weighted by atomic mass is 35.5. The van der Waals surface area contributed by atoms with Crippen molar-refractivity contribution >= 4 is 50.0 Å². The maximum atomic E-state index is 13.1. The van der Waals surface area contributed by atoms with E-state index in [1.54, 1.807) is 6.07 Å². The summed E-state index contributed by atoms with van der Waals surface area (Å²) in [5, 5.41) is 3.62. The maximum Gasteiger partial charge on any atom is 0.243 e. The Kier molecular flexibility index (Phi) is 8.05. The molecular formula is C23H26Cl2N4O4S. The minimum Gasteiger partial charge on any atom is -0.487 e. The summed E-state index contributed by atoms with van der Waals surface area (Å²) in [5.74, 6) is -0.00802. The van der Waals surface area contributed by atoms with E-state index < -0.39 is 21.5 Å². The van der Waals surface area contributed by atoms with Gasteiger partial charge in [-0.15, -0.1) is 0 Å². The number of ether oxygens (including phenoxy) is 1. The van der Waals surface area contributed by atoms with Crippen molar-refractivity contribution in [2.24, 2.45) is 5.73 Å². The van der Waals surface area contributed by atoms with E-state index in [1.807, 2.05) is 31.2 Å². The number of amides is 1. The van der Waals surface area contributed by atoms with E-state index >= 15 is 0 Å². The summed E-state index contributed by atoms with van der Waals surface area (Å²) in [7, 11) is -4.18. The lowest BCUT2D eigenvalue weighted by Gasteiger charge is -2.25. The zero-order valence-corrected chi connectivity index (χ0v) is 21.3. The second-order valence-electron chi connectivity index (χ2n) is 8.18. The van der Waals surface area contributed by atoms with Crippen LogP contribution in [0.15, 0.2) is 47.4 Å². The van der Waals surface area contributed by atoms with E-state index in [-0.39, 0.29) is 34.6 Å². The average Bonchev–Trinajstić information content (AvgIpc) is 2.76. The number of hydrogen-bond acceptors (Lipinski definition) is 6. The third-order valence-corrected chi connectivity index (χ3v) is 7.62. The predicted molar refractivity (Wildman–Crippen MR) is 134 cm³/mol. The van der Waals surface area contributed by atoms with Crippen molar-refractivity contribution in [3.63, 3.8) is 0 Å². The number of carbonyl (C=O) groups is 1. The lowest BCUT2D eigenvalue weighted by atomic mass is 10.1. The summed E-state index contributed by atoms with van der Waals surface area (Å²) < 4.78 is 34.5. The van der Waals surface area contributed by atoms with Crippen LogP contribution in [-0.4, -0.2) is 37.9 Å². The Hall–Kier alpha value is -2.43. The molecule has 1 heterocycles.